The number of nitro groups is 1. The van der Waals surface area contributed by atoms with Crippen LogP contribution in [-0.2, 0) is 14.8 Å². The van der Waals surface area contributed by atoms with E-state index in [0.29, 0.717) is 41.8 Å². The highest BCUT2D eigenvalue weighted by molar-refractivity contribution is 7.89. The number of aromatic amines is 1. The summed E-state index contributed by atoms with van der Waals surface area (Å²) in [4.78, 5) is 33.3. The summed E-state index contributed by atoms with van der Waals surface area (Å²) in [5, 5.41) is 24.3. The molecule has 5 rings (SSSR count). The average Bonchev–Trinajstić information content (AvgIpc) is 3.41. The smallest absolute Gasteiger partial charge is 0.337 e. The lowest BCUT2D eigenvalue weighted by atomic mass is 10.2. The lowest BCUT2D eigenvalue weighted by Gasteiger charge is -2.34. The number of methoxy groups -OCH3 is 1. The van der Waals surface area contributed by atoms with Gasteiger partial charge in [-0.25, -0.2) is 13.2 Å². The van der Waals surface area contributed by atoms with Crippen molar-refractivity contribution in [1.29, 1.82) is 0 Å². The number of rotatable bonds is 9. The van der Waals surface area contributed by atoms with Crippen molar-refractivity contribution in [2.24, 2.45) is 0 Å². The molecule has 2 aromatic carbocycles. The number of benzene rings is 2. The number of non-ortho nitro benzene ring substituents is 1. The molecule has 1 aliphatic rings. The third kappa shape index (κ3) is 6.29. The van der Waals surface area contributed by atoms with E-state index in [1.165, 1.54) is 35.7 Å². The number of H-pyrrole nitrogens is 1. The van der Waals surface area contributed by atoms with Crippen molar-refractivity contribution in [3.05, 3.63) is 82.0 Å². The number of nitrogens with zero attached hydrogens (tertiary/aromatic N) is 6. The molecule has 0 spiro atoms. The predicted octanol–water partition coefficient (Wildman–Crippen LogP) is 3.20. The van der Waals surface area contributed by atoms with E-state index < -0.39 is 20.9 Å². The van der Waals surface area contributed by atoms with Crippen LogP contribution in [0.1, 0.15) is 16.1 Å². The molecular formula is C26H27N9O6S. The van der Waals surface area contributed by atoms with Gasteiger partial charge in [-0.15, -0.1) is 0 Å². The molecule has 0 unspecified atom stereocenters. The number of esters is 1. The first-order valence-electron chi connectivity index (χ1n) is 12.8. The number of carbonyl (C=O) groups excluding carboxylic acids is 1. The predicted molar refractivity (Wildman–Crippen MR) is 154 cm³/mol. The summed E-state index contributed by atoms with van der Waals surface area (Å²) >= 11 is 0. The molecule has 16 heteroatoms. The summed E-state index contributed by atoms with van der Waals surface area (Å²) in [6.07, 6.45) is 0. The Kier molecular flexibility index (Phi) is 7.99. The van der Waals surface area contributed by atoms with Gasteiger partial charge in [0.2, 0.25) is 16.0 Å². The Labute approximate surface area is 240 Å². The summed E-state index contributed by atoms with van der Waals surface area (Å²) in [5.74, 6) is 1.40. The Balaban J connectivity index is 1.35. The Morgan fingerprint density at radius 3 is 2.26 bits per heavy atom. The van der Waals surface area contributed by atoms with Crippen molar-refractivity contribution >= 4 is 50.8 Å². The molecule has 1 aliphatic heterocycles. The van der Waals surface area contributed by atoms with Crippen LogP contribution in [0.25, 0.3) is 0 Å². The maximum Gasteiger partial charge on any atom is 0.337 e. The summed E-state index contributed by atoms with van der Waals surface area (Å²) in [6.45, 7) is 2.93. The van der Waals surface area contributed by atoms with E-state index in [2.05, 4.69) is 30.8 Å². The first-order chi connectivity index (χ1) is 20.1. The molecular weight excluding hydrogens is 566 g/mol. The van der Waals surface area contributed by atoms with Crippen LogP contribution >= 0.6 is 0 Å². The summed E-state index contributed by atoms with van der Waals surface area (Å²) in [7, 11) is -2.52. The molecule has 0 bridgehead atoms. The maximum absolute atomic E-state index is 13.2. The zero-order valence-electron chi connectivity index (χ0n) is 22.6. The van der Waals surface area contributed by atoms with Crippen molar-refractivity contribution in [1.82, 2.24) is 24.5 Å². The van der Waals surface area contributed by atoms with Crippen LogP contribution < -0.4 is 15.5 Å². The van der Waals surface area contributed by atoms with E-state index in [9.17, 15) is 23.3 Å². The molecule has 4 aromatic rings. The summed E-state index contributed by atoms with van der Waals surface area (Å²) in [5.41, 5.74) is 1.72. The molecule has 0 radical (unpaired) electrons. The van der Waals surface area contributed by atoms with Crippen LogP contribution in [0, 0.1) is 17.0 Å². The second-order valence-electron chi connectivity index (χ2n) is 9.33. The van der Waals surface area contributed by atoms with Gasteiger partial charge in [-0.05, 0) is 43.3 Å². The second kappa shape index (κ2) is 11.8. The van der Waals surface area contributed by atoms with Gasteiger partial charge in [0.1, 0.15) is 11.6 Å². The highest BCUT2D eigenvalue weighted by Gasteiger charge is 2.29. The van der Waals surface area contributed by atoms with Gasteiger partial charge in [0.05, 0.1) is 22.5 Å². The van der Waals surface area contributed by atoms with E-state index in [1.807, 2.05) is 17.9 Å². The minimum absolute atomic E-state index is 0.00549. The Morgan fingerprint density at radius 2 is 1.67 bits per heavy atom. The van der Waals surface area contributed by atoms with E-state index in [1.54, 1.807) is 30.3 Å². The third-order valence-electron chi connectivity index (χ3n) is 6.48. The first kappa shape index (κ1) is 28.4. The van der Waals surface area contributed by atoms with E-state index >= 15 is 0 Å². The van der Waals surface area contributed by atoms with Crippen LogP contribution in [0.5, 0.6) is 0 Å². The van der Waals surface area contributed by atoms with E-state index in [4.69, 9.17) is 4.74 Å². The zero-order chi connectivity index (χ0) is 29.9. The number of nitrogens with one attached hydrogen (secondary N) is 3. The molecule has 42 heavy (non-hydrogen) atoms. The molecule has 0 aliphatic carbocycles. The molecule has 218 valence electrons. The molecule has 0 saturated carbocycles. The summed E-state index contributed by atoms with van der Waals surface area (Å²) in [6, 6.07) is 15.1. The van der Waals surface area contributed by atoms with Crippen LogP contribution in [0.2, 0.25) is 0 Å². The molecule has 0 atom stereocenters. The third-order valence-corrected chi connectivity index (χ3v) is 8.40. The van der Waals surface area contributed by atoms with Crippen LogP contribution in [0.4, 0.5) is 34.8 Å². The number of ether oxygens (including phenoxy) is 1. The number of hydrogen-bond donors (Lipinski definition) is 3. The lowest BCUT2D eigenvalue weighted by Crippen LogP contribution is -2.49. The van der Waals surface area contributed by atoms with Crippen molar-refractivity contribution in [2.75, 3.05) is 48.8 Å². The quantitative estimate of drug-likeness (QED) is 0.146. The Hall–Kier alpha value is -5.09. The van der Waals surface area contributed by atoms with E-state index in [0.717, 1.165) is 5.69 Å². The largest absolute Gasteiger partial charge is 0.465 e. The number of hydrogen-bond acceptors (Lipinski definition) is 12. The Morgan fingerprint density at radius 1 is 0.976 bits per heavy atom. The number of carbonyl (C=O) groups is 1. The van der Waals surface area contributed by atoms with Gasteiger partial charge in [-0.2, -0.15) is 19.4 Å². The fourth-order valence-corrected chi connectivity index (χ4v) is 5.73. The average molecular weight is 594 g/mol. The molecule has 1 fully saturated rings. The van der Waals surface area contributed by atoms with Gasteiger partial charge in [-0.3, -0.25) is 15.2 Å². The number of piperazine rings is 1. The Bertz CT molecular complexity index is 1700. The SMILES string of the molecule is COC(=O)c1ccc(Nc2nc(Nc3cc(C)[nH]n3)cc(N3CCN(S(=O)(=O)c4ccc([N+](=O)[O-])cc4)CC3)n2)cc1. The number of anilines is 5. The topological polar surface area (TPSA) is 189 Å². The van der Waals surface area contributed by atoms with E-state index in [-0.39, 0.29) is 29.6 Å². The van der Waals surface area contributed by atoms with Gasteiger partial charge in [0, 0.05) is 61.8 Å². The maximum atomic E-state index is 13.2. The number of aromatic nitrogens is 4. The van der Waals surface area contributed by atoms with Gasteiger partial charge in [-0.1, -0.05) is 0 Å². The molecule has 1 saturated heterocycles. The zero-order valence-corrected chi connectivity index (χ0v) is 23.5. The molecule has 15 nitrogen and oxygen atoms in total. The highest BCUT2D eigenvalue weighted by Crippen LogP contribution is 2.26. The molecule has 3 N–H and O–H groups in total. The van der Waals surface area contributed by atoms with Crippen LogP contribution in [0.3, 0.4) is 0 Å². The fraction of sp³-hybridized carbons (Fsp3) is 0.231. The second-order valence-corrected chi connectivity index (χ2v) is 11.3. The number of sulfonamides is 1. The van der Waals surface area contributed by atoms with Gasteiger partial charge < -0.3 is 20.3 Å². The lowest BCUT2D eigenvalue weighted by molar-refractivity contribution is -0.384. The molecule has 2 aromatic heterocycles. The fourth-order valence-electron chi connectivity index (χ4n) is 4.31. The van der Waals surface area contributed by atoms with Crippen LogP contribution in [-0.4, -0.2) is 77.1 Å². The summed E-state index contributed by atoms with van der Waals surface area (Å²) < 4.78 is 32.4. The van der Waals surface area contributed by atoms with Crippen molar-refractivity contribution in [2.45, 2.75) is 11.8 Å². The van der Waals surface area contributed by atoms with Gasteiger partial charge in [0.15, 0.2) is 5.82 Å². The standard InChI is InChI=1S/C26H27N9O6S/c1-17-15-23(32-31-17)28-22-16-24(30-26(29-22)27-19-5-3-18(4-6-19)25(36)41-2)33-11-13-34(14-12-33)42(39,40)21-9-7-20(8-10-21)35(37)38/h3-10,15-16H,11-14H2,1-2H3,(H3,27,28,29,30,31,32). The molecule has 0 amide bonds. The van der Waals surface area contributed by atoms with Crippen molar-refractivity contribution in [3.8, 4) is 0 Å². The van der Waals surface area contributed by atoms with Gasteiger partial charge >= 0.3 is 5.97 Å². The minimum atomic E-state index is -3.84. The number of nitro benzene ring substituents is 1. The first-order valence-corrected chi connectivity index (χ1v) is 14.2. The monoisotopic (exact) mass is 593 g/mol. The van der Waals surface area contributed by atoms with Gasteiger partial charge in [0.25, 0.3) is 5.69 Å². The van der Waals surface area contributed by atoms with Crippen molar-refractivity contribution < 1.29 is 22.9 Å². The van der Waals surface area contributed by atoms with Crippen molar-refractivity contribution in [3.63, 3.8) is 0 Å². The van der Waals surface area contributed by atoms with Crippen LogP contribution in [0.15, 0.2) is 65.6 Å². The number of aryl methyl sites for hydroxylation is 1. The molecule has 3 heterocycles. The minimum Gasteiger partial charge on any atom is -0.465 e. The normalized spacial score (nSPS) is 13.9. The highest BCUT2D eigenvalue weighted by atomic mass is 32.2.